The van der Waals surface area contributed by atoms with Gasteiger partial charge in [-0.1, -0.05) is 6.07 Å². The first-order chi connectivity index (χ1) is 15.3. The number of halogens is 1. The van der Waals surface area contributed by atoms with Crippen LogP contribution in [0.5, 0.6) is 5.75 Å². The standard InChI is InChI=1S/C22H25FN4O5/c1-4-25-17-11-32-8-7-26(17)27-10-15(19(28)20(29)18(27)22(25)31)21(30)24-9-14-5-6-16(23)13(3)12(14)2/h5-6,10,17,29H,4,7-9,11H2,1-3H3,(H,24,30)/t17-/m0/s1. The third-order valence-electron chi connectivity index (χ3n) is 6.20. The van der Waals surface area contributed by atoms with Gasteiger partial charge in [-0.05, 0) is 43.5 Å². The summed E-state index contributed by atoms with van der Waals surface area (Å²) in [7, 11) is 0. The van der Waals surface area contributed by atoms with E-state index in [1.807, 2.05) is 0 Å². The third kappa shape index (κ3) is 3.40. The van der Waals surface area contributed by atoms with Gasteiger partial charge in [-0.3, -0.25) is 24.1 Å². The number of carbonyl (C=O) groups excluding carboxylic acids is 2. The fourth-order valence-electron chi connectivity index (χ4n) is 4.17. The molecule has 0 radical (unpaired) electrons. The van der Waals surface area contributed by atoms with Gasteiger partial charge in [0, 0.05) is 19.3 Å². The monoisotopic (exact) mass is 444 g/mol. The van der Waals surface area contributed by atoms with Crippen LogP contribution in [0.3, 0.4) is 0 Å². The van der Waals surface area contributed by atoms with Crippen LogP contribution in [0.2, 0.25) is 0 Å². The lowest BCUT2D eigenvalue weighted by Crippen LogP contribution is -2.65. The summed E-state index contributed by atoms with van der Waals surface area (Å²) in [6.07, 6.45) is 0.884. The van der Waals surface area contributed by atoms with Crippen LogP contribution >= 0.6 is 0 Å². The van der Waals surface area contributed by atoms with Crippen molar-refractivity contribution in [3.8, 4) is 5.75 Å². The normalized spacial score (nSPS) is 17.8. The van der Waals surface area contributed by atoms with Crippen molar-refractivity contribution in [1.29, 1.82) is 0 Å². The molecule has 0 unspecified atom stereocenters. The van der Waals surface area contributed by atoms with E-state index < -0.39 is 29.2 Å². The molecule has 10 heteroatoms. The molecule has 0 saturated carbocycles. The van der Waals surface area contributed by atoms with E-state index in [2.05, 4.69) is 5.32 Å². The molecule has 2 aliphatic heterocycles. The summed E-state index contributed by atoms with van der Waals surface area (Å²) in [5, 5.41) is 15.0. The average molecular weight is 444 g/mol. The Kier molecular flexibility index (Phi) is 5.64. The topological polar surface area (TPSA) is 104 Å². The fourth-order valence-corrected chi connectivity index (χ4v) is 4.17. The number of aromatic nitrogens is 1. The largest absolute Gasteiger partial charge is 0.502 e. The number of aromatic hydroxyl groups is 1. The second kappa shape index (κ2) is 8.27. The molecule has 1 aromatic carbocycles. The van der Waals surface area contributed by atoms with Gasteiger partial charge in [0.1, 0.15) is 17.5 Å². The van der Waals surface area contributed by atoms with Crippen molar-refractivity contribution in [2.75, 3.05) is 31.3 Å². The van der Waals surface area contributed by atoms with Crippen molar-refractivity contribution in [2.45, 2.75) is 33.5 Å². The highest BCUT2D eigenvalue weighted by Gasteiger charge is 2.41. The van der Waals surface area contributed by atoms with E-state index in [0.29, 0.717) is 36.4 Å². The highest BCUT2D eigenvalue weighted by Crippen LogP contribution is 2.26. The van der Waals surface area contributed by atoms with E-state index in [-0.39, 0.29) is 30.2 Å². The lowest BCUT2D eigenvalue weighted by atomic mass is 10.0. The molecule has 32 heavy (non-hydrogen) atoms. The Morgan fingerprint density at radius 3 is 2.75 bits per heavy atom. The van der Waals surface area contributed by atoms with E-state index in [9.17, 15) is 23.9 Å². The number of rotatable bonds is 4. The first-order valence-corrected chi connectivity index (χ1v) is 10.4. The Labute approximate surface area is 184 Å². The van der Waals surface area contributed by atoms with Crippen LogP contribution in [0.15, 0.2) is 23.1 Å². The third-order valence-corrected chi connectivity index (χ3v) is 6.20. The minimum atomic E-state index is -0.920. The summed E-state index contributed by atoms with van der Waals surface area (Å²) >= 11 is 0. The number of morpholine rings is 1. The van der Waals surface area contributed by atoms with Crippen LogP contribution in [0.25, 0.3) is 0 Å². The number of amides is 2. The van der Waals surface area contributed by atoms with Crippen molar-refractivity contribution < 1.29 is 23.8 Å². The fraction of sp³-hybridized carbons (Fsp3) is 0.409. The molecule has 2 aliphatic rings. The van der Waals surface area contributed by atoms with Crippen LogP contribution in [-0.2, 0) is 11.3 Å². The molecule has 0 spiro atoms. The Balaban J connectivity index is 1.69. The van der Waals surface area contributed by atoms with Gasteiger partial charge in [-0.25, -0.2) is 4.39 Å². The van der Waals surface area contributed by atoms with E-state index in [4.69, 9.17) is 4.74 Å². The molecule has 2 aromatic rings. The van der Waals surface area contributed by atoms with Crippen molar-refractivity contribution in [3.05, 3.63) is 62.3 Å². The summed E-state index contributed by atoms with van der Waals surface area (Å²) in [6, 6.07) is 2.90. The van der Waals surface area contributed by atoms with Crippen molar-refractivity contribution in [3.63, 3.8) is 0 Å². The maximum atomic E-state index is 13.7. The number of fused-ring (bicyclic) bond motifs is 3. The average Bonchev–Trinajstić information content (AvgIpc) is 2.79. The Morgan fingerprint density at radius 1 is 1.28 bits per heavy atom. The Morgan fingerprint density at radius 2 is 2.03 bits per heavy atom. The number of hydrogen-bond donors (Lipinski definition) is 2. The zero-order chi connectivity index (χ0) is 23.2. The van der Waals surface area contributed by atoms with Crippen LogP contribution in [0.4, 0.5) is 4.39 Å². The lowest BCUT2D eigenvalue weighted by molar-refractivity contribution is 0.00573. The molecular weight excluding hydrogens is 419 g/mol. The number of ether oxygens (including phenoxy) is 1. The summed E-state index contributed by atoms with van der Waals surface area (Å²) < 4.78 is 20.6. The highest BCUT2D eigenvalue weighted by molar-refractivity contribution is 5.99. The molecule has 0 bridgehead atoms. The van der Waals surface area contributed by atoms with Gasteiger partial charge < -0.3 is 20.1 Å². The second-order valence-corrected chi connectivity index (χ2v) is 7.86. The minimum Gasteiger partial charge on any atom is -0.502 e. The SMILES string of the molecule is CCN1C(=O)c2c(O)c(=O)c(C(=O)NCc3ccc(F)c(C)c3C)cn2N2CCOC[C@@H]12. The molecule has 4 rings (SSSR count). The lowest BCUT2D eigenvalue weighted by Gasteiger charge is -2.48. The smallest absolute Gasteiger partial charge is 0.278 e. The van der Waals surface area contributed by atoms with E-state index in [1.165, 1.54) is 21.8 Å². The number of hydrogen-bond acceptors (Lipinski definition) is 6. The predicted octanol–water partition coefficient (Wildman–Crippen LogP) is 1.01. The summed E-state index contributed by atoms with van der Waals surface area (Å²) in [6.45, 7) is 6.75. The number of nitrogens with one attached hydrogen (secondary N) is 1. The Hall–Kier alpha value is -3.40. The van der Waals surface area contributed by atoms with Gasteiger partial charge in [-0.2, -0.15) is 0 Å². The van der Waals surface area contributed by atoms with Crippen molar-refractivity contribution in [2.24, 2.45) is 0 Å². The molecule has 3 heterocycles. The van der Waals surface area contributed by atoms with Gasteiger partial charge in [0.15, 0.2) is 11.4 Å². The molecule has 1 atom stereocenters. The zero-order valence-electron chi connectivity index (χ0n) is 18.1. The van der Waals surface area contributed by atoms with E-state index in [1.54, 1.807) is 31.8 Å². The van der Waals surface area contributed by atoms with Crippen LogP contribution in [0, 0.1) is 19.7 Å². The molecule has 0 aliphatic carbocycles. The number of benzene rings is 1. The molecule has 1 fully saturated rings. The first kappa shape index (κ1) is 21.8. The highest BCUT2D eigenvalue weighted by atomic mass is 19.1. The van der Waals surface area contributed by atoms with Crippen LogP contribution in [-0.4, -0.2) is 59.0 Å². The van der Waals surface area contributed by atoms with E-state index in [0.717, 1.165) is 0 Å². The van der Waals surface area contributed by atoms with Gasteiger partial charge in [0.05, 0.1) is 19.8 Å². The quantitative estimate of drug-likeness (QED) is 0.730. The molecule has 170 valence electrons. The molecule has 1 saturated heterocycles. The second-order valence-electron chi connectivity index (χ2n) is 7.86. The maximum Gasteiger partial charge on any atom is 0.278 e. The van der Waals surface area contributed by atoms with Gasteiger partial charge in [-0.15, -0.1) is 0 Å². The zero-order valence-corrected chi connectivity index (χ0v) is 18.1. The van der Waals surface area contributed by atoms with Gasteiger partial charge >= 0.3 is 0 Å². The van der Waals surface area contributed by atoms with E-state index >= 15 is 0 Å². The number of carbonyl (C=O) groups is 2. The maximum absolute atomic E-state index is 13.7. The molecular formula is C22H25FN4O5. The minimum absolute atomic E-state index is 0.0798. The van der Waals surface area contributed by atoms with Gasteiger partial charge in [0.25, 0.3) is 11.8 Å². The summed E-state index contributed by atoms with van der Waals surface area (Å²) in [5.74, 6) is -2.29. The molecule has 9 nitrogen and oxygen atoms in total. The summed E-state index contributed by atoms with van der Waals surface area (Å²) in [5.41, 5.74) is 0.526. The van der Waals surface area contributed by atoms with Crippen molar-refractivity contribution >= 4 is 11.8 Å². The summed E-state index contributed by atoms with van der Waals surface area (Å²) in [4.78, 5) is 40.1. The van der Waals surface area contributed by atoms with Crippen LogP contribution < -0.4 is 15.8 Å². The molecule has 1 aromatic heterocycles. The Bertz CT molecular complexity index is 1160. The van der Waals surface area contributed by atoms with Gasteiger partial charge in [0.2, 0.25) is 5.43 Å². The molecule has 2 N–H and O–H groups in total. The number of likely N-dealkylation sites (N-methyl/N-ethyl adjacent to an activating group) is 1. The number of pyridine rings is 1. The predicted molar refractivity (Wildman–Crippen MR) is 114 cm³/mol. The van der Waals surface area contributed by atoms with Crippen LogP contribution in [0.1, 0.15) is 44.5 Å². The molecule has 2 amide bonds. The number of nitrogens with zero attached hydrogens (tertiary/aromatic N) is 3. The van der Waals surface area contributed by atoms with Crippen molar-refractivity contribution in [1.82, 2.24) is 14.9 Å². The first-order valence-electron chi connectivity index (χ1n) is 10.4.